The normalized spacial score (nSPS) is 16.6. The van der Waals surface area contributed by atoms with Crippen LogP contribution in [0.4, 0.5) is 4.79 Å². The molecular weight excluding hydrogens is 336 g/mol. The van der Waals surface area contributed by atoms with Gasteiger partial charge in [-0.15, -0.1) is 0 Å². The second-order valence-corrected chi connectivity index (χ2v) is 7.39. The number of benzene rings is 1. The van der Waals surface area contributed by atoms with Crippen molar-refractivity contribution < 1.29 is 24.2 Å². The van der Waals surface area contributed by atoms with E-state index in [1.54, 1.807) is 20.8 Å². The highest BCUT2D eigenvalue weighted by atomic mass is 16.6. The summed E-state index contributed by atoms with van der Waals surface area (Å²) < 4.78 is 5.46. The summed E-state index contributed by atoms with van der Waals surface area (Å²) in [5, 5.41) is 11.4. The van der Waals surface area contributed by atoms with E-state index in [0.29, 0.717) is 19.4 Å². The molecule has 142 valence electrons. The molecule has 2 amide bonds. The molecule has 0 saturated carbocycles. The molecule has 0 saturated heterocycles. The number of nitrogens with one attached hydrogen (secondary N) is 1. The minimum absolute atomic E-state index is 0.0104. The first-order valence-electron chi connectivity index (χ1n) is 8.73. The van der Waals surface area contributed by atoms with E-state index in [1.807, 2.05) is 24.3 Å². The van der Waals surface area contributed by atoms with Gasteiger partial charge in [-0.25, -0.2) is 4.79 Å². The largest absolute Gasteiger partial charge is 0.481 e. The van der Waals surface area contributed by atoms with Crippen molar-refractivity contribution in [2.45, 2.75) is 58.2 Å². The molecule has 1 atom stereocenters. The lowest BCUT2D eigenvalue weighted by Gasteiger charge is -2.36. The van der Waals surface area contributed by atoms with Crippen molar-refractivity contribution in [3.05, 3.63) is 35.4 Å². The lowest BCUT2D eigenvalue weighted by Crippen LogP contribution is -2.53. The molecule has 0 aliphatic carbocycles. The van der Waals surface area contributed by atoms with E-state index in [1.165, 1.54) is 4.90 Å². The number of fused-ring (bicyclic) bond motifs is 1. The molecule has 2 rings (SSSR count). The molecule has 0 spiro atoms. The zero-order valence-electron chi connectivity index (χ0n) is 15.4. The Bertz CT molecular complexity index is 681. The summed E-state index contributed by atoms with van der Waals surface area (Å²) in [7, 11) is 0. The maximum absolute atomic E-state index is 12.6. The van der Waals surface area contributed by atoms with Crippen molar-refractivity contribution in [3.63, 3.8) is 0 Å². The second kappa shape index (κ2) is 8.21. The second-order valence-electron chi connectivity index (χ2n) is 7.39. The Morgan fingerprint density at radius 2 is 1.88 bits per heavy atom. The molecule has 26 heavy (non-hydrogen) atoms. The molecule has 0 aromatic heterocycles. The van der Waals surface area contributed by atoms with Gasteiger partial charge in [0.2, 0.25) is 5.91 Å². The fourth-order valence-electron chi connectivity index (χ4n) is 2.84. The van der Waals surface area contributed by atoms with Crippen LogP contribution in [0.15, 0.2) is 24.3 Å². The van der Waals surface area contributed by atoms with Crippen LogP contribution in [0.1, 0.15) is 44.7 Å². The van der Waals surface area contributed by atoms with Gasteiger partial charge in [-0.2, -0.15) is 0 Å². The number of amides is 2. The molecular formula is C19H26N2O5. The van der Waals surface area contributed by atoms with Crippen LogP contribution in [0.3, 0.4) is 0 Å². The molecule has 0 fully saturated rings. The van der Waals surface area contributed by atoms with E-state index in [2.05, 4.69) is 5.32 Å². The summed E-state index contributed by atoms with van der Waals surface area (Å²) in [5.41, 5.74) is 1.36. The number of carbonyl (C=O) groups is 3. The van der Waals surface area contributed by atoms with E-state index in [4.69, 9.17) is 9.84 Å². The average molecular weight is 362 g/mol. The van der Waals surface area contributed by atoms with Crippen molar-refractivity contribution in [2.24, 2.45) is 0 Å². The van der Waals surface area contributed by atoms with Gasteiger partial charge in [-0.05, 0) is 38.3 Å². The van der Waals surface area contributed by atoms with Gasteiger partial charge in [-0.1, -0.05) is 24.3 Å². The van der Waals surface area contributed by atoms with Crippen molar-refractivity contribution in [2.75, 3.05) is 6.54 Å². The third-order valence-corrected chi connectivity index (χ3v) is 4.05. The maximum Gasteiger partial charge on any atom is 0.411 e. The van der Waals surface area contributed by atoms with E-state index in [0.717, 1.165) is 11.1 Å². The molecule has 1 unspecified atom stereocenters. The van der Waals surface area contributed by atoms with Gasteiger partial charge < -0.3 is 15.2 Å². The molecule has 1 aliphatic heterocycles. The topological polar surface area (TPSA) is 95.9 Å². The van der Waals surface area contributed by atoms with Crippen molar-refractivity contribution in [1.82, 2.24) is 10.2 Å². The van der Waals surface area contributed by atoms with Crippen molar-refractivity contribution in [1.29, 1.82) is 0 Å². The van der Waals surface area contributed by atoms with Gasteiger partial charge in [0.1, 0.15) is 11.6 Å². The monoisotopic (exact) mass is 362 g/mol. The van der Waals surface area contributed by atoms with Gasteiger partial charge in [0, 0.05) is 19.4 Å². The number of nitrogens with zero attached hydrogens (tertiary/aromatic N) is 1. The van der Waals surface area contributed by atoms with Crippen LogP contribution in [0, 0.1) is 0 Å². The number of rotatable bonds is 5. The van der Waals surface area contributed by atoms with Crippen LogP contribution in [0.25, 0.3) is 0 Å². The van der Waals surface area contributed by atoms with Gasteiger partial charge >= 0.3 is 12.1 Å². The van der Waals surface area contributed by atoms with Crippen LogP contribution < -0.4 is 5.32 Å². The molecule has 1 heterocycles. The Balaban J connectivity index is 2.12. The summed E-state index contributed by atoms with van der Waals surface area (Å²) >= 11 is 0. The molecule has 1 aromatic carbocycles. The molecule has 1 aliphatic rings. The zero-order chi connectivity index (χ0) is 19.3. The molecule has 2 N–H and O–H groups in total. The van der Waals surface area contributed by atoms with Crippen molar-refractivity contribution >= 4 is 18.0 Å². The number of ether oxygens (including phenoxy) is 1. The highest BCUT2D eigenvalue weighted by Crippen LogP contribution is 2.25. The van der Waals surface area contributed by atoms with Gasteiger partial charge in [0.25, 0.3) is 0 Å². The highest BCUT2D eigenvalue weighted by molar-refractivity contribution is 5.86. The van der Waals surface area contributed by atoms with Crippen LogP contribution in [-0.4, -0.2) is 46.2 Å². The number of aliphatic carboxylic acids is 1. The predicted molar refractivity (Wildman–Crippen MR) is 95.6 cm³/mol. The number of hydrogen-bond donors (Lipinski definition) is 2. The lowest BCUT2D eigenvalue weighted by molar-refractivity contribution is -0.137. The number of carboxylic acids is 1. The molecule has 0 bridgehead atoms. The summed E-state index contributed by atoms with van der Waals surface area (Å²) in [5.74, 6) is -1.20. The molecule has 1 aromatic rings. The minimum atomic E-state index is -0.902. The third kappa shape index (κ3) is 5.47. The Morgan fingerprint density at radius 1 is 1.23 bits per heavy atom. The van der Waals surface area contributed by atoms with E-state index in [-0.39, 0.29) is 18.9 Å². The molecule has 7 nitrogen and oxygen atoms in total. The Labute approximate surface area is 153 Å². The fraction of sp³-hybridized carbons (Fsp3) is 0.526. The summed E-state index contributed by atoms with van der Waals surface area (Å²) in [6.45, 7) is 5.90. The van der Waals surface area contributed by atoms with Crippen LogP contribution >= 0.6 is 0 Å². The number of hydrogen-bond acceptors (Lipinski definition) is 4. The smallest absolute Gasteiger partial charge is 0.411 e. The Hall–Kier alpha value is -2.57. The van der Waals surface area contributed by atoms with Crippen molar-refractivity contribution in [3.8, 4) is 0 Å². The Kier molecular flexibility index (Phi) is 6.23. The maximum atomic E-state index is 12.6. The SMILES string of the molecule is CC(C)(C)OC(=O)N1Cc2ccccc2CC1C(=O)NCCCC(=O)O. The first kappa shape index (κ1) is 19.8. The summed E-state index contributed by atoms with van der Waals surface area (Å²) in [4.78, 5) is 37.2. The van der Waals surface area contributed by atoms with E-state index < -0.39 is 23.7 Å². The summed E-state index contributed by atoms with van der Waals surface area (Å²) in [6, 6.07) is 7.02. The number of carboxylic acid groups (broad SMARTS) is 1. The van der Waals surface area contributed by atoms with Gasteiger partial charge in [0.15, 0.2) is 0 Å². The number of carbonyl (C=O) groups excluding carboxylic acids is 2. The third-order valence-electron chi connectivity index (χ3n) is 4.05. The quantitative estimate of drug-likeness (QED) is 0.784. The predicted octanol–water partition coefficient (Wildman–Crippen LogP) is 2.33. The average Bonchev–Trinajstić information content (AvgIpc) is 2.55. The van der Waals surface area contributed by atoms with E-state index in [9.17, 15) is 14.4 Å². The lowest BCUT2D eigenvalue weighted by atomic mass is 9.94. The first-order chi connectivity index (χ1) is 12.2. The minimum Gasteiger partial charge on any atom is -0.481 e. The summed E-state index contributed by atoms with van der Waals surface area (Å²) in [6.07, 6.45) is 0.207. The van der Waals surface area contributed by atoms with Gasteiger partial charge in [-0.3, -0.25) is 14.5 Å². The van der Waals surface area contributed by atoms with E-state index >= 15 is 0 Å². The van der Waals surface area contributed by atoms with Crippen LogP contribution in [-0.2, 0) is 27.3 Å². The zero-order valence-corrected chi connectivity index (χ0v) is 15.4. The van der Waals surface area contributed by atoms with Crippen LogP contribution in [0.5, 0.6) is 0 Å². The molecule has 7 heteroatoms. The van der Waals surface area contributed by atoms with Gasteiger partial charge in [0.05, 0.1) is 6.54 Å². The van der Waals surface area contributed by atoms with Crippen LogP contribution in [0.2, 0.25) is 0 Å². The Morgan fingerprint density at radius 3 is 2.50 bits per heavy atom. The first-order valence-corrected chi connectivity index (χ1v) is 8.73. The molecule has 0 radical (unpaired) electrons. The fourth-order valence-corrected chi connectivity index (χ4v) is 2.84. The standard InChI is InChI=1S/C19H26N2O5/c1-19(2,3)26-18(25)21-12-14-8-5-4-7-13(14)11-15(21)17(24)20-10-6-9-16(22)23/h4-5,7-8,15H,6,9-12H2,1-3H3,(H,20,24)(H,22,23). The highest BCUT2D eigenvalue weighted by Gasteiger charge is 2.36.